The second kappa shape index (κ2) is 4.33. The highest BCUT2D eigenvalue weighted by Crippen LogP contribution is 2.26. The zero-order chi connectivity index (χ0) is 13.3. The number of hydrogen-bond donors (Lipinski definition) is 3. The predicted molar refractivity (Wildman–Crippen MR) is 61.1 cm³/mol. The van der Waals surface area contributed by atoms with Gasteiger partial charge in [0.1, 0.15) is 0 Å². The Labute approximate surface area is 100 Å². The number of pyridine rings is 1. The molecule has 0 bridgehead atoms. The van der Waals surface area contributed by atoms with E-state index in [1.165, 1.54) is 12.3 Å². The van der Waals surface area contributed by atoms with Crippen LogP contribution in [0.4, 0.5) is 4.39 Å². The van der Waals surface area contributed by atoms with Gasteiger partial charge in [0.05, 0.1) is 5.56 Å². The minimum atomic E-state index is -1.29. The Bertz CT molecular complexity index is 678. The van der Waals surface area contributed by atoms with Gasteiger partial charge in [0, 0.05) is 17.8 Å². The molecule has 2 aromatic rings. The Morgan fingerprint density at radius 2 is 2.00 bits per heavy atom. The topological polar surface area (TPSA) is 90.4 Å². The van der Waals surface area contributed by atoms with Crippen molar-refractivity contribution < 1.29 is 19.4 Å². The molecule has 3 N–H and O–H groups in total. The quantitative estimate of drug-likeness (QED) is 0.753. The van der Waals surface area contributed by atoms with Crippen molar-refractivity contribution in [2.75, 3.05) is 0 Å². The Kier molecular flexibility index (Phi) is 2.85. The molecule has 0 saturated carbocycles. The lowest BCUT2D eigenvalue weighted by Crippen LogP contribution is -2.10. The van der Waals surface area contributed by atoms with Gasteiger partial charge in [-0.2, -0.15) is 0 Å². The van der Waals surface area contributed by atoms with E-state index in [9.17, 15) is 14.0 Å². The standard InChI is InChI=1S/C12H8FNO4/c13-9-3-6(1-2-10(9)15)8-5-14-11(16)4-7(8)12(17)18/h1-5,15H,(H,14,16)(H,17,18). The maximum atomic E-state index is 13.2. The van der Waals surface area contributed by atoms with E-state index >= 15 is 0 Å². The van der Waals surface area contributed by atoms with Crippen LogP contribution in [0.3, 0.4) is 0 Å². The van der Waals surface area contributed by atoms with E-state index < -0.39 is 23.1 Å². The average molecular weight is 249 g/mol. The molecule has 0 radical (unpaired) electrons. The Morgan fingerprint density at radius 3 is 2.61 bits per heavy atom. The first-order valence-corrected chi connectivity index (χ1v) is 4.94. The van der Waals surface area contributed by atoms with Gasteiger partial charge in [-0.15, -0.1) is 0 Å². The summed E-state index contributed by atoms with van der Waals surface area (Å²) in [7, 11) is 0. The van der Waals surface area contributed by atoms with Crippen LogP contribution in [0.15, 0.2) is 35.3 Å². The molecule has 0 saturated heterocycles. The molecule has 0 atom stereocenters. The van der Waals surface area contributed by atoms with E-state index in [0.717, 1.165) is 18.2 Å². The number of benzene rings is 1. The summed E-state index contributed by atoms with van der Waals surface area (Å²) in [6, 6.07) is 4.39. The molecule has 0 amide bonds. The Morgan fingerprint density at radius 1 is 1.28 bits per heavy atom. The summed E-state index contributed by atoms with van der Waals surface area (Å²) < 4.78 is 13.2. The third-order valence-electron chi connectivity index (χ3n) is 2.41. The van der Waals surface area contributed by atoms with Crippen LogP contribution in [0.5, 0.6) is 5.75 Å². The van der Waals surface area contributed by atoms with E-state index in [1.807, 2.05) is 0 Å². The number of carbonyl (C=O) groups is 1. The fraction of sp³-hybridized carbons (Fsp3) is 0. The van der Waals surface area contributed by atoms with Gasteiger partial charge in [-0.25, -0.2) is 9.18 Å². The third kappa shape index (κ3) is 2.08. The summed E-state index contributed by atoms with van der Waals surface area (Å²) in [6.07, 6.45) is 1.19. The minimum Gasteiger partial charge on any atom is -0.505 e. The van der Waals surface area contributed by atoms with Gasteiger partial charge in [0.15, 0.2) is 11.6 Å². The molecule has 18 heavy (non-hydrogen) atoms. The highest BCUT2D eigenvalue weighted by Gasteiger charge is 2.13. The van der Waals surface area contributed by atoms with Gasteiger partial charge in [-0.1, -0.05) is 6.07 Å². The molecule has 6 heteroatoms. The van der Waals surface area contributed by atoms with Crippen LogP contribution in [0.2, 0.25) is 0 Å². The number of rotatable bonds is 2. The molecule has 0 fully saturated rings. The van der Waals surface area contributed by atoms with Crippen LogP contribution < -0.4 is 5.56 Å². The lowest BCUT2D eigenvalue weighted by atomic mass is 10.0. The number of aromatic amines is 1. The highest BCUT2D eigenvalue weighted by atomic mass is 19.1. The minimum absolute atomic E-state index is 0.168. The third-order valence-corrected chi connectivity index (χ3v) is 2.41. The first-order valence-electron chi connectivity index (χ1n) is 4.94. The van der Waals surface area contributed by atoms with Crippen molar-refractivity contribution in [2.45, 2.75) is 0 Å². The van der Waals surface area contributed by atoms with Crippen molar-refractivity contribution >= 4 is 5.97 Å². The number of H-pyrrole nitrogens is 1. The molecule has 2 rings (SSSR count). The number of carboxylic acid groups (broad SMARTS) is 1. The van der Waals surface area contributed by atoms with Crippen LogP contribution >= 0.6 is 0 Å². The number of aromatic carboxylic acids is 1. The number of carboxylic acids is 1. The van der Waals surface area contributed by atoms with Crippen molar-refractivity contribution in [3.8, 4) is 16.9 Å². The van der Waals surface area contributed by atoms with Crippen molar-refractivity contribution in [2.24, 2.45) is 0 Å². The molecular formula is C12H8FNO4. The smallest absolute Gasteiger partial charge is 0.336 e. The molecule has 5 nitrogen and oxygen atoms in total. The summed E-state index contributed by atoms with van der Waals surface area (Å²) in [5.41, 5.74) is -0.376. The summed E-state index contributed by atoms with van der Waals surface area (Å²) in [4.78, 5) is 24.4. The maximum absolute atomic E-state index is 13.2. The van der Waals surface area contributed by atoms with Gasteiger partial charge in [-0.05, 0) is 17.7 Å². The van der Waals surface area contributed by atoms with Crippen molar-refractivity contribution in [1.29, 1.82) is 0 Å². The second-order valence-corrected chi connectivity index (χ2v) is 3.60. The summed E-state index contributed by atoms with van der Waals surface area (Å²) in [5, 5.41) is 18.0. The highest BCUT2D eigenvalue weighted by molar-refractivity contribution is 5.95. The van der Waals surface area contributed by atoms with Gasteiger partial charge >= 0.3 is 5.97 Å². The van der Waals surface area contributed by atoms with Crippen LogP contribution in [-0.2, 0) is 0 Å². The first-order chi connectivity index (χ1) is 8.49. The summed E-state index contributed by atoms with van der Waals surface area (Å²) in [5.74, 6) is -2.68. The average Bonchev–Trinajstić information content (AvgIpc) is 2.32. The van der Waals surface area contributed by atoms with Crippen LogP contribution in [-0.4, -0.2) is 21.2 Å². The molecule has 0 spiro atoms. The van der Waals surface area contributed by atoms with E-state index in [0.29, 0.717) is 0 Å². The number of phenols is 1. The van der Waals surface area contributed by atoms with E-state index in [4.69, 9.17) is 10.2 Å². The Hall–Kier alpha value is -2.63. The fourth-order valence-corrected chi connectivity index (χ4v) is 1.56. The zero-order valence-electron chi connectivity index (χ0n) is 8.98. The lowest BCUT2D eigenvalue weighted by molar-refractivity contribution is 0.0697. The Balaban J connectivity index is 2.66. The molecule has 0 aliphatic carbocycles. The fourth-order valence-electron chi connectivity index (χ4n) is 1.56. The normalized spacial score (nSPS) is 10.3. The molecule has 0 aliphatic rings. The monoisotopic (exact) mass is 249 g/mol. The van der Waals surface area contributed by atoms with Crippen molar-refractivity contribution in [1.82, 2.24) is 4.98 Å². The second-order valence-electron chi connectivity index (χ2n) is 3.60. The predicted octanol–water partition coefficient (Wildman–Crippen LogP) is 1.58. The van der Waals surface area contributed by atoms with E-state index in [-0.39, 0.29) is 16.7 Å². The molecule has 92 valence electrons. The number of aromatic hydroxyl groups is 1. The SMILES string of the molecule is O=C(O)c1cc(=O)[nH]cc1-c1ccc(O)c(F)c1. The lowest BCUT2D eigenvalue weighted by Gasteiger charge is -2.06. The van der Waals surface area contributed by atoms with Crippen LogP contribution in [0, 0.1) is 5.82 Å². The van der Waals surface area contributed by atoms with Crippen LogP contribution in [0.1, 0.15) is 10.4 Å². The zero-order valence-corrected chi connectivity index (χ0v) is 8.98. The molecule has 0 aliphatic heterocycles. The number of phenolic OH excluding ortho intramolecular Hbond substituents is 1. The largest absolute Gasteiger partial charge is 0.505 e. The number of hydrogen-bond acceptors (Lipinski definition) is 3. The van der Waals surface area contributed by atoms with Gasteiger partial charge in [0.25, 0.3) is 0 Å². The van der Waals surface area contributed by atoms with Crippen LogP contribution in [0.25, 0.3) is 11.1 Å². The number of aromatic nitrogens is 1. The molecule has 1 aromatic heterocycles. The van der Waals surface area contributed by atoms with Crippen molar-refractivity contribution in [3.05, 3.63) is 52.2 Å². The molecule has 1 aromatic carbocycles. The molecule has 1 heterocycles. The van der Waals surface area contributed by atoms with Crippen molar-refractivity contribution in [3.63, 3.8) is 0 Å². The summed E-state index contributed by atoms with van der Waals surface area (Å²) in [6.45, 7) is 0. The van der Waals surface area contributed by atoms with Gasteiger partial charge < -0.3 is 15.2 Å². The van der Waals surface area contributed by atoms with Gasteiger partial charge in [0.2, 0.25) is 5.56 Å². The van der Waals surface area contributed by atoms with Gasteiger partial charge in [-0.3, -0.25) is 4.79 Å². The molecule has 0 unspecified atom stereocenters. The van der Waals surface area contributed by atoms with E-state index in [2.05, 4.69) is 4.98 Å². The first kappa shape index (κ1) is 11.8. The maximum Gasteiger partial charge on any atom is 0.336 e. The van der Waals surface area contributed by atoms with E-state index in [1.54, 1.807) is 0 Å². The summed E-state index contributed by atoms with van der Waals surface area (Å²) >= 11 is 0. The number of halogens is 1. The number of nitrogens with one attached hydrogen (secondary N) is 1. The molecular weight excluding hydrogens is 241 g/mol.